The third-order valence-electron chi connectivity index (χ3n) is 8.50. The van der Waals surface area contributed by atoms with Gasteiger partial charge in [-0.3, -0.25) is 38.4 Å². The number of carbonyl (C=O) groups is 9. The quantitative estimate of drug-likeness (QED) is 0.0641. The fraction of sp³-hybridized carbons (Fsp3) is 0.571. The van der Waals surface area contributed by atoms with E-state index in [1.165, 1.54) is 11.8 Å². The molecule has 1 saturated heterocycles. The molecule has 1 aromatic rings. The summed E-state index contributed by atoms with van der Waals surface area (Å²) in [5.74, 6) is -7.23. The van der Waals surface area contributed by atoms with Crippen molar-refractivity contribution < 1.29 is 48.3 Å². The van der Waals surface area contributed by atoms with Gasteiger partial charge in [0.05, 0.1) is 26.2 Å². The molecule has 0 unspecified atom stereocenters. The van der Waals surface area contributed by atoms with E-state index in [1.807, 2.05) is 0 Å². The zero-order valence-electron chi connectivity index (χ0n) is 31.2. The van der Waals surface area contributed by atoms with E-state index in [0.29, 0.717) is 12.8 Å². The number of nitrogens with zero attached hydrogens (tertiary/aromatic N) is 1. The first-order chi connectivity index (χ1) is 25.4. The van der Waals surface area contributed by atoms with Crippen LogP contribution in [0.3, 0.4) is 0 Å². The lowest BCUT2D eigenvalue weighted by molar-refractivity contribution is -0.150. The molecule has 1 heterocycles. The van der Waals surface area contributed by atoms with Crippen LogP contribution in [0.2, 0.25) is 0 Å². The average Bonchev–Trinajstić information content (AvgIpc) is 3.63. The minimum Gasteiger partial charge on any atom is -0.480 e. The van der Waals surface area contributed by atoms with Crippen molar-refractivity contribution in [2.75, 3.05) is 32.7 Å². The first kappa shape index (κ1) is 44.6. The predicted molar refractivity (Wildman–Crippen MR) is 194 cm³/mol. The van der Waals surface area contributed by atoms with Crippen molar-refractivity contribution in [3.8, 4) is 0 Å². The minimum atomic E-state index is -1.13. The molecule has 19 nitrogen and oxygen atoms in total. The van der Waals surface area contributed by atoms with E-state index in [1.54, 1.807) is 58.0 Å². The van der Waals surface area contributed by atoms with E-state index in [0.717, 1.165) is 5.56 Å². The monoisotopic (exact) mass is 759 g/mol. The van der Waals surface area contributed by atoms with Gasteiger partial charge in [-0.25, -0.2) is 4.79 Å². The number of likely N-dealkylation sites (tertiary alicyclic amines) is 1. The Kier molecular flexibility index (Phi) is 18.0. The number of hydrogen-bond donors (Lipinski definition) is 9. The number of hydrogen-bond acceptors (Lipinski definition) is 10. The Morgan fingerprint density at radius 1 is 0.704 bits per heavy atom. The lowest BCUT2D eigenvalue weighted by atomic mass is 10.0. The van der Waals surface area contributed by atoms with Gasteiger partial charge in [-0.1, -0.05) is 58.0 Å². The zero-order valence-corrected chi connectivity index (χ0v) is 31.2. The number of carboxylic acid groups (broad SMARTS) is 1. The second-order valence-electron chi connectivity index (χ2n) is 13.6. The van der Waals surface area contributed by atoms with E-state index in [-0.39, 0.29) is 25.4 Å². The Labute approximate surface area is 313 Å². The van der Waals surface area contributed by atoms with Gasteiger partial charge in [0.15, 0.2) is 0 Å². The van der Waals surface area contributed by atoms with Crippen LogP contribution in [-0.4, -0.2) is 126 Å². The molecule has 54 heavy (non-hydrogen) atoms. The molecule has 1 aliphatic rings. The first-order valence-corrected chi connectivity index (χ1v) is 17.7. The molecule has 1 fully saturated rings. The van der Waals surface area contributed by atoms with Crippen LogP contribution in [0, 0.1) is 11.8 Å². The van der Waals surface area contributed by atoms with Crippen molar-refractivity contribution in [1.82, 2.24) is 42.1 Å². The minimum absolute atomic E-state index is 0.145. The van der Waals surface area contributed by atoms with E-state index in [9.17, 15) is 48.3 Å². The van der Waals surface area contributed by atoms with E-state index < -0.39 is 109 Å². The summed E-state index contributed by atoms with van der Waals surface area (Å²) in [6.45, 7) is 6.37. The van der Waals surface area contributed by atoms with Gasteiger partial charge in [0.2, 0.25) is 47.3 Å². The smallest absolute Gasteiger partial charge is 0.326 e. The number of nitrogens with one attached hydrogen (secondary N) is 7. The standard InChI is InChI=1S/C35H53N9O10/c1-19(2)29(42-27(47)18-38-32(50)23(41-25(45)15-36)14-22-10-7-6-8-11-22)33(51)39-16-26(46)40-21(5)31(49)37-17-28(48)43-30(20(3)4)34(52)44-13-9-12-24(44)35(53)54/h6-8,10-11,19-21,23-24,29-30H,9,12-18,36H2,1-5H3,(H,37,49)(H,38,50)(H,39,51)(H,40,46)(H,41,45)(H,42,47)(H,43,48)(H,53,54)/t21-,23-,24-,29-,30-/m0/s1. The Bertz CT molecular complexity index is 1520. The van der Waals surface area contributed by atoms with Crippen LogP contribution in [-0.2, 0) is 49.6 Å². The van der Waals surface area contributed by atoms with Crippen molar-refractivity contribution >= 4 is 53.2 Å². The molecule has 1 aromatic carbocycles. The van der Waals surface area contributed by atoms with Crippen molar-refractivity contribution in [2.24, 2.45) is 17.6 Å². The number of rotatable bonds is 20. The molecular weight excluding hydrogens is 706 g/mol. The van der Waals surface area contributed by atoms with Crippen LogP contribution in [0.5, 0.6) is 0 Å². The summed E-state index contributed by atoms with van der Waals surface area (Å²) in [6, 6.07) is 3.68. The molecule has 2 rings (SSSR count). The second-order valence-corrected chi connectivity index (χ2v) is 13.6. The zero-order chi connectivity index (χ0) is 40.5. The third kappa shape index (κ3) is 14.4. The number of amides is 8. The van der Waals surface area contributed by atoms with Gasteiger partial charge in [0.25, 0.3) is 0 Å². The molecular formula is C35H53N9O10. The summed E-state index contributed by atoms with van der Waals surface area (Å²) in [5, 5.41) is 26.6. The van der Waals surface area contributed by atoms with Gasteiger partial charge in [-0.05, 0) is 37.2 Å². The van der Waals surface area contributed by atoms with Crippen molar-refractivity contribution in [1.29, 1.82) is 0 Å². The summed E-state index contributed by atoms with van der Waals surface area (Å²) < 4.78 is 0. The van der Waals surface area contributed by atoms with Crippen LogP contribution >= 0.6 is 0 Å². The molecule has 10 N–H and O–H groups in total. The largest absolute Gasteiger partial charge is 0.480 e. The van der Waals surface area contributed by atoms with Gasteiger partial charge in [0.1, 0.15) is 30.2 Å². The molecule has 298 valence electrons. The van der Waals surface area contributed by atoms with E-state index in [2.05, 4.69) is 37.2 Å². The molecule has 5 atom stereocenters. The number of benzene rings is 1. The SMILES string of the molecule is CC(C)[C@H](NC(=O)CNC(=O)[C@H](Cc1ccccc1)NC(=O)CN)C(=O)NCC(=O)N[C@@H](C)C(=O)NCC(=O)N[C@H](C(=O)N1CCC[C@H]1C(=O)O)C(C)C. The molecule has 0 saturated carbocycles. The number of carbonyl (C=O) groups excluding carboxylic acids is 8. The fourth-order valence-corrected chi connectivity index (χ4v) is 5.52. The van der Waals surface area contributed by atoms with Gasteiger partial charge < -0.3 is 53.0 Å². The molecule has 0 aromatic heterocycles. The highest BCUT2D eigenvalue weighted by Crippen LogP contribution is 2.20. The summed E-state index contributed by atoms with van der Waals surface area (Å²) in [5.41, 5.74) is 6.14. The van der Waals surface area contributed by atoms with Gasteiger partial charge in [-0.2, -0.15) is 0 Å². The topological polar surface area (TPSA) is 287 Å². The average molecular weight is 760 g/mol. The summed E-state index contributed by atoms with van der Waals surface area (Å²) >= 11 is 0. The molecule has 0 bridgehead atoms. The number of nitrogens with two attached hydrogens (primary N) is 1. The molecule has 0 radical (unpaired) electrons. The van der Waals surface area contributed by atoms with Gasteiger partial charge >= 0.3 is 5.97 Å². The van der Waals surface area contributed by atoms with Crippen LogP contribution in [0.15, 0.2) is 30.3 Å². The summed E-state index contributed by atoms with van der Waals surface area (Å²) in [4.78, 5) is 114. The predicted octanol–water partition coefficient (Wildman–Crippen LogP) is -3.12. The lowest BCUT2D eigenvalue weighted by Gasteiger charge is -2.29. The summed E-state index contributed by atoms with van der Waals surface area (Å²) in [7, 11) is 0. The van der Waals surface area contributed by atoms with Crippen molar-refractivity contribution in [3.05, 3.63) is 35.9 Å². The highest BCUT2D eigenvalue weighted by Gasteiger charge is 2.38. The van der Waals surface area contributed by atoms with Crippen LogP contribution in [0.25, 0.3) is 0 Å². The first-order valence-electron chi connectivity index (χ1n) is 17.7. The Morgan fingerprint density at radius 3 is 1.76 bits per heavy atom. The number of aliphatic carboxylic acids is 1. The Hall–Kier alpha value is -5.59. The van der Waals surface area contributed by atoms with E-state index >= 15 is 0 Å². The Morgan fingerprint density at radius 2 is 1.22 bits per heavy atom. The van der Waals surface area contributed by atoms with Gasteiger partial charge in [0, 0.05) is 13.0 Å². The lowest BCUT2D eigenvalue weighted by Crippen LogP contribution is -2.56. The highest BCUT2D eigenvalue weighted by molar-refractivity contribution is 5.96. The maximum absolute atomic E-state index is 13.0. The number of carboxylic acids is 1. The van der Waals surface area contributed by atoms with Crippen molar-refractivity contribution in [2.45, 2.75) is 84.1 Å². The fourth-order valence-electron chi connectivity index (χ4n) is 5.52. The molecule has 19 heteroatoms. The Balaban J connectivity index is 1.82. The maximum atomic E-state index is 13.0. The molecule has 0 spiro atoms. The van der Waals surface area contributed by atoms with E-state index in [4.69, 9.17) is 5.73 Å². The molecule has 1 aliphatic heterocycles. The summed E-state index contributed by atoms with van der Waals surface area (Å²) in [6.07, 6.45) is 0.986. The second kappa shape index (κ2) is 21.8. The van der Waals surface area contributed by atoms with Crippen molar-refractivity contribution in [3.63, 3.8) is 0 Å². The molecule has 0 aliphatic carbocycles. The highest BCUT2D eigenvalue weighted by atomic mass is 16.4. The van der Waals surface area contributed by atoms with Crippen LogP contribution in [0.4, 0.5) is 0 Å². The van der Waals surface area contributed by atoms with Crippen LogP contribution in [0.1, 0.15) is 53.0 Å². The maximum Gasteiger partial charge on any atom is 0.326 e. The van der Waals surface area contributed by atoms with Crippen LogP contribution < -0.4 is 43.0 Å². The normalized spacial score (nSPS) is 15.9. The van der Waals surface area contributed by atoms with Gasteiger partial charge in [-0.15, -0.1) is 0 Å². The third-order valence-corrected chi connectivity index (χ3v) is 8.50. The molecule has 8 amide bonds.